The van der Waals surface area contributed by atoms with Crippen LogP contribution in [0.25, 0.3) is 5.57 Å². The number of aryl methyl sites for hydroxylation is 1. The Hall–Kier alpha value is -1.08. The molecule has 1 aromatic rings. The average molecular weight is 176 g/mol. The number of hydrogen-bond acceptors (Lipinski definition) is 1. The minimum Gasteiger partial charge on any atom is -0.392 e. The molecule has 13 heavy (non-hydrogen) atoms. The topological polar surface area (TPSA) is 20.2 Å². The fourth-order valence-corrected chi connectivity index (χ4v) is 1.39. The lowest BCUT2D eigenvalue weighted by Gasteiger charge is -2.09. The van der Waals surface area contributed by atoms with Crippen LogP contribution in [0.3, 0.4) is 0 Å². The summed E-state index contributed by atoms with van der Waals surface area (Å²) in [6, 6.07) is 6.10. The Balaban J connectivity index is 3.13. The lowest BCUT2D eigenvalue weighted by atomic mass is 9.98. The van der Waals surface area contributed by atoms with Crippen molar-refractivity contribution in [2.24, 2.45) is 0 Å². The van der Waals surface area contributed by atoms with Crippen LogP contribution in [-0.2, 0) is 6.61 Å². The summed E-state index contributed by atoms with van der Waals surface area (Å²) in [6.07, 6.45) is 0.927. The first-order chi connectivity index (χ1) is 6.19. The zero-order chi connectivity index (χ0) is 9.84. The number of hydrogen-bond donors (Lipinski definition) is 1. The molecule has 0 saturated heterocycles. The van der Waals surface area contributed by atoms with Crippen molar-refractivity contribution in [2.45, 2.75) is 26.9 Å². The smallest absolute Gasteiger partial charge is 0.0687 e. The van der Waals surface area contributed by atoms with Crippen molar-refractivity contribution >= 4 is 5.57 Å². The number of benzene rings is 1. The van der Waals surface area contributed by atoms with Crippen LogP contribution in [0.15, 0.2) is 24.8 Å². The molecule has 0 fully saturated rings. The molecule has 70 valence electrons. The molecule has 0 amide bonds. The largest absolute Gasteiger partial charge is 0.392 e. The van der Waals surface area contributed by atoms with E-state index < -0.39 is 0 Å². The maximum atomic E-state index is 9.15. The third-order valence-electron chi connectivity index (χ3n) is 2.24. The lowest BCUT2D eigenvalue weighted by molar-refractivity contribution is 0.281. The number of aliphatic hydroxyl groups excluding tert-OH is 1. The highest BCUT2D eigenvalue weighted by Crippen LogP contribution is 2.21. The first-order valence-electron chi connectivity index (χ1n) is 4.57. The SMILES string of the molecule is C=C(CC)c1ccc(C)cc1CO. The van der Waals surface area contributed by atoms with Gasteiger partial charge in [0.15, 0.2) is 0 Å². The number of rotatable bonds is 3. The van der Waals surface area contributed by atoms with E-state index in [0.29, 0.717) is 0 Å². The Labute approximate surface area is 79.7 Å². The Kier molecular flexibility index (Phi) is 3.26. The van der Waals surface area contributed by atoms with E-state index in [-0.39, 0.29) is 6.61 Å². The van der Waals surface area contributed by atoms with Gasteiger partial charge in [0.05, 0.1) is 6.61 Å². The van der Waals surface area contributed by atoms with Gasteiger partial charge in [-0.3, -0.25) is 0 Å². The van der Waals surface area contributed by atoms with Crippen molar-refractivity contribution in [1.82, 2.24) is 0 Å². The molecule has 1 aromatic carbocycles. The molecule has 1 N–H and O–H groups in total. The third-order valence-corrected chi connectivity index (χ3v) is 2.24. The Morgan fingerprint density at radius 3 is 2.69 bits per heavy atom. The van der Waals surface area contributed by atoms with Crippen LogP contribution in [-0.4, -0.2) is 5.11 Å². The summed E-state index contributed by atoms with van der Waals surface area (Å²) in [7, 11) is 0. The molecule has 0 unspecified atom stereocenters. The monoisotopic (exact) mass is 176 g/mol. The number of aliphatic hydroxyl groups is 1. The molecule has 0 aliphatic carbocycles. The Bertz CT molecular complexity index is 313. The van der Waals surface area contributed by atoms with Crippen LogP contribution >= 0.6 is 0 Å². The van der Waals surface area contributed by atoms with E-state index in [1.165, 1.54) is 5.56 Å². The second-order valence-corrected chi connectivity index (χ2v) is 3.28. The highest BCUT2D eigenvalue weighted by molar-refractivity contribution is 5.66. The highest BCUT2D eigenvalue weighted by Gasteiger charge is 2.03. The minimum absolute atomic E-state index is 0.0933. The van der Waals surface area contributed by atoms with Gasteiger partial charge in [0.1, 0.15) is 0 Å². The molecule has 0 aromatic heterocycles. The Morgan fingerprint density at radius 2 is 2.15 bits per heavy atom. The molecule has 0 radical (unpaired) electrons. The summed E-state index contributed by atoms with van der Waals surface area (Å²) in [5, 5.41) is 9.15. The molecule has 1 heteroatoms. The minimum atomic E-state index is 0.0933. The molecule has 0 heterocycles. The number of allylic oxidation sites excluding steroid dienone is 1. The maximum absolute atomic E-state index is 9.15. The normalized spacial score (nSPS) is 10.1. The van der Waals surface area contributed by atoms with E-state index in [2.05, 4.69) is 19.6 Å². The van der Waals surface area contributed by atoms with Crippen molar-refractivity contribution in [3.63, 3.8) is 0 Å². The van der Waals surface area contributed by atoms with Gasteiger partial charge in [-0.25, -0.2) is 0 Å². The van der Waals surface area contributed by atoms with Gasteiger partial charge in [-0.15, -0.1) is 0 Å². The van der Waals surface area contributed by atoms with Crippen molar-refractivity contribution in [2.75, 3.05) is 0 Å². The molecular formula is C12H16O. The maximum Gasteiger partial charge on any atom is 0.0687 e. The van der Waals surface area contributed by atoms with Gasteiger partial charge in [-0.2, -0.15) is 0 Å². The molecule has 0 aliphatic heterocycles. The molecule has 0 atom stereocenters. The quantitative estimate of drug-likeness (QED) is 0.750. The Morgan fingerprint density at radius 1 is 1.46 bits per heavy atom. The van der Waals surface area contributed by atoms with Crippen molar-refractivity contribution in [1.29, 1.82) is 0 Å². The molecule has 0 aliphatic rings. The van der Waals surface area contributed by atoms with E-state index in [1.54, 1.807) is 0 Å². The van der Waals surface area contributed by atoms with Crippen LogP contribution in [0.1, 0.15) is 30.0 Å². The predicted octanol–water partition coefficient (Wildman–Crippen LogP) is 2.91. The van der Waals surface area contributed by atoms with E-state index in [9.17, 15) is 0 Å². The van der Waals surface area contributed by atoms with Gasteiger partial charge in [0.25, 0.3) is 0 Å². The van der Waals surface area contributed by atoms with E-state index in [0.717, 1.165) is 23.1 Å². The summed E-state index contributed by atoms with van der Waals surface area (Å²) >= 11 is 0. The van der Waals surface area contributed by atoms with Crippen LogP contribution in [0.5, 0.6) is 0 Å². The average Bonchev–Trinajstić information content (AvgIpc) is 2.16. The van der Waals surface area contributed by atoms with E-state index in [4.69, 9.17) is 5.11 Å². The van der Waals surface area contributed by atoms with Gasteiger partial charge >= 0.3 is 0 Å². The summed E-state index contributed by atoms with van der Waals surface area (Å²) in [5.74, 6) is 0. The molecular weight excluding hydrogens is 160 g/mol. The van der Waals surface area contributed by atoms with E-state index in [1.807, 2.05) is 19.1 Å². The molecule has 1 rings (SSSR count). The van der Waals surface area contributed by atoms with Gasteiger partial charge in [0, 0.05) is 0 Å². The molecule has 0 spiro atoms. The molecule has 0 bridgehead atoms. The second-order valence-electron chi connectivity index (χ2n) is 3.28. The van der Waals surface area contributed by atoms with Gasteiger partial charge in [-0.05, 0) is 30.0 Å². The fraction of sp³-hybridized carbons (Fsp3) is 0.333. The van der Waals surface area contributed by atoms with Crippen molar-refractivity contribution in [3.8, 4) is 0 Å². The molecule has 0 saturated carbocycles. The van der Waals surface area contributed by atoms with Gasteiger partial charge in [0.2, 0.25) is 0 Å². The lowest BCUT2D eigenvalue weighted by Crippen LogP contribution is -1.93. The summed E-state index contributed by atoms with van der Waals surface area (Å²) < 4.78 is 0. The standard InChI is InChI=1S/C12H16O/c1-4-10(3)12-6-5-9(2)7-11(12)8-13/h5-7,13H,3-4,8H2,1-2H3. The summed E-state index contributed by atoms with van der Waals surface area (Å²) in [5.41, 5.74) is 4.34. The fourth-order valence-electron chi connectivity index (χ4n) is 1.39. The van der Waals surface area contributed by atoms with Crippen LogP contribution in [0.4, 0.5) is 0 Å². The predicted molar refractivity (Wildman–Crippen MR) is 56.4 cm³/mol. The van der Waals surface area contributed by atoms with Crippen molar-refractivity contribution < 1.29 is 5.11 Å². The first-order valence-corrected chi connectivity index (χ1v) is 4.57. The van der Waals surface area contributed by atoms with E-state index >= 15 is 0 Å². The zero-order valence-electron chi connectivity index (χ0n) is 8.30. The van der Waals surface area contributed by atoms with Crippen LogP contribution < -0.4 is 0 Å². The summed E-state index contributed by atoms with van der Waals surface area (Å²) in [6.45, 7) is 8.16. The van der Waals surface area contributed by atoms with Crippen molar-refractivity contribution in [3.05, 3.63) is 41.5 Å². The summed E-state index contributed by atoms with van der Waals surface area (Å²) in [4.78, 5) is 0. The molecule has 1 nitrogen and oxygen atoms in total. The van der Waals surface area contributed by atoms with Crippen LogP contribution in [0.2, 0.25) is 0 Å². The first kappa shape index (κ1) is 10.0. The zero-order valence-corrected chi connectivity index (χ0v) is 8.30. The highest BCUT2D eigenvalue weighted by atomic mass is 16.3. The third kappa shape index (κ3) is 2.19. The van der Waals surface area contributed by atoms with Gasteiger partial charge < -0.3 is 5.11 Å². The second kappa shape index (κ2) is 4.24. The van der Waals surface area contributed by atoms with Crippen LogP contribution in [0, 0.1) is 6.92 Å². The van der Waals surface area contributed by atoms with Gasteiger partial charge in [-0.1, -0.05) is 37.3 Å².